The van der Waals surface area contributed by atoms with Crippen LogP contribution in [0.5, 0.6) is 0 Å². The summed E-state index contributed by atoms with van der Waals surface area (Å²) < 4.78 is 15.2. The molecule has 3 aromatic carbocycles. The maximum atomic E-state index is 14.1. The van der Waals surface area contributed by atoms with Gasteiger partial charge in [0.05, 0.1) is 21.7 Å². The first kappa shape index (κ1) is 18.9. The van der Waals surface area contributed by atoms with E-state index < -0.39 is 22.2 Å². The number of benzene rings is 3. The lowest BCUT2D eigenvalue weighted by Crippen LogP contribution is -2.26. The van der Waals surface area contributed by atoms with Crippen molar-refractivity contribution in [3.05, 3.63) is 105 Å². The molecule has 0 atom stereocenters. The van der Waals surface area contributed by atoms with Crippen molar-refractivity contribution in [2.24, 2.45) is 0 Å². The summed E-state index contributed by atoms with van der Waals surface area (Å²) in [5.74, 6) is -1.65. The van der Waals surface area contributed by atoms with Gasteiger partial charge in [-0.3, -0.25) is 19.7 Å². The highest BCUT2D eigenvalue weighted by Gasteiger charge is 2.20. The summed E-state index contributed by atoms with van der Waals surface area (Å²) in [6.45, 7) is 0. The van der Waals surface area contributed by atoms with Gasteiger partial charge in [-0.05, 0) is 24.3 Å². The van der Waals surface area contributed by atoms with E-state index in [1.807, 2.05) is 0 Å². The zero-order valence-electron chi connectivity index (χ0n) is 15.3. The van der Waals surface area contributed by atoms with Crippen LogP contribution in [0.25, 0.3) is 16.5 Å². The number of nitrogens with zero attached hydrogens (tertiary/aromatic N) is 3. The number of anilines is 1. The van der Waals surface area contributed by atoms with Crippen LogP contribution in [-0.2, 0) is 0 Å². The minimum absolute atomic E-state index is 0.125. The predicted octanol–water partition coefficient (Wildman–Crippen LogP) is 3.69. The summed E-state index contributed by atoms with van der Waals surface area (Å²) in [6.07, 6.45) is 0. The van der Waals surface area contributed by atoms with Crippen LogP contribution in [0.1, 0.15) is 10.5 Å². The van der Waals surface area contributed by atoms with Gasteiger partial charge in [-0.2, -0.15) is 9.78 Å². The van der Waals surface area contributed by atoms with Crippen molar-refractivity contribution in [2.75, 3.05) is 5.32 Å². The molecule has 4 aromatic rings. The molecule has 8 nitrogen and oxygen atoms in total. The number of para-hydroxylation sites is 1. The number of hydrogen-bond acceptors (Lipinski definition) is 5. The van der Waals surface area contributed by atoms with E-state index in [1.165, 1.54) is 0 Å². The van der Waals surface area contributed by atoms with Crippen molar-refractivity contribution in [1.82, 2.24) is 9.78 Å². The van der Waals surface area contributed by atoms with E-state index in [-0.39, 0.29) is 27.8 Å². The highest BCUT2D eigenvalue weighted by molar-refractivity contribution is 6.11. The van der Waals surface area contributed by atoms with Gasteiger partial charge in [0.25, 0.3) is 17.2 Å². The van der Waals surface area contributed by atoms with E-state index in [2.05, 4.69) is 10.4 Å². The first-order chi connectivity index (χ1) is 14.5. The Hall–Kier alpha value is -4.40. The Morgan fingerprint density at radius 1 is 1.00 bits per heavy atom. The second kappa shape index (κ2) is 7.55. The first-order valence-corrected chi connectivity index (χ1v) is 8.78. The van der Waals surface area contributed by atoms with Crippen molar-refractivity contribution in [1.29, 1.82) is 0 Å². The zero-order chi connectivity index (χ0) is 21.3. The van der Waals surface area contributed by atoms with Gasteiger partial charge in [0, 0.05) is 17.5 Å². The Balaban J connectivity index is 1.86. The van der Waals surface area contributed by atoms with Gasteiger partial charge < -0.3 is 5.32 Å². The van der Waals surface area contributed by atoms with Crippen molar-refractivity contribution in [3.63, 3.8) is 0 Å². The quantitative estimate of drug-likeness (QED) is 0.412. The third-order valence-electron chi connectivity index (χ3n) is 4.43. The highest BCUT2D eigenvalue weighted by atomic mass is 19.1. The molecular formula is C21H13FN4O4. The second-order valence-corrected chi connectivity index (χ2v) is 6.32. The maximum Gasteiger partial charge on any atom is 0.279 e. The van der Waals surface area contributed by atoms with E-state index in [9.17, 15) is 24.1 Å². The smallest absolute Gasteiger partial charge is 0.279 e. The molecule has 1 aromatic heterocycles. The minimum atomic E-state index is -0.838. The van der Waals surface area contributed by atoms with E-state index in [0.717, 1.165) is 22.9 Å². The molecule has 0 saturated carbocycles. The van der Waals surface area contributed by atoms with Gasteiger partial charge in [0.15, 0.2) is 5.69 Å². The number of halogens is 1. The molecule has 1 amide bonds. The summed E-state index contributed by atoms with van der Waals surface area (Å²) in [5, 5.41) is 18.0. The van der Waals surface area contributed by atoms with Crippen molar-refractivity contribution >= 4 is 28.1 Å². The van der Waals surface area contributed by atoms with E-state index >= 15 is 0 Å². The standard InChI is InChI=1S/C21H13FN4O4/c22-17-11-10-14(26(29)30)12-18(17)23-20(27)19-15-8-4-5-9-16(15)21(28)25(24-19)13-6-2-1-3-7-13/h1-12H,(H,23,27). The molecule has 0 bridgehead atoms. The summed E-state index contributed by atoms with van der Waals surface area (Å²) in [4.78, 5) is 36.1. The number of fused-ring (bicyclic) bond motifs is 1. The first-order valence-electron chi connectivity index (χ1n) is 8.78. The molecule has 0 fully saturated rings. The second-order valence-electron chi connectivity index (χ2n) is 6.32. The minimum Gasteiger partial charge on any atom is -0.318 e. The maximum absolute atomic E-state index is 14.1. The molecule has 0 aliphatic rings. The number of nitro benzene ring substituents is 1. The van der Waals surface area contributed by atoms with Crippen LogP contribution in [0.2, 0.25) is 0 Å². The number of nitrogens with one attached hydrogen (secondary N) is 1. The van der Waals surface area contributed by atoms with Crippen molar-refractivity contribution in [2.45, 2.75) is 0 Å². The Bertz CT molecular complexity index is 1350. The van der Waals surface area contributed by atoms with Gasteiger partial charge in [-0.25, -0.2) is 4.39 Å². The average molecular weight is 404 g/mol. The Labute approximate surface area is 168 Å². The highest BCUT2D eigenvalue weighted by Crippen LogP contribution is 2.23. The molecule has 148 valence electrons. The molecule has 1 heterocycles. The van der Waals surface area contributed by atoms with Gasteiger partial charge in [-0.15, -0.1) is 0 Å². The van der Waals surface area contributed by atoms with E-state index in [0.29, 0.717) is 5.69 Å². The average Bonchev–Trinajstić information content (AvgIpc) is 2.76. The molecule has 1 N–H and O–H groups in total. The fraction of sp³-hybridized carbons (Fsp3) is 0. The molecule has 0 aliphatic carbocycles. The molecule has 4 rings (SSSR count). The van der Waals surface area contributed by atoms with Crippen LogP contribution in [0.15, 0.2) is 77.6 Å². The SMILES string of the molecule is O=C(Nc1cc([N+](=O)[O-])ccc1F)c1nn(-c2ccccc2)c(=O)c2ccccc12. The molecular weight excluding hydrogens is 391 g/mol. The number of aromatic nitrogens is 2. The van der Waals surface area contributed by atoms with Crippen molar-refractivity contribution in [3.8, 4) is 5.69 Å². The van der Waals surface area contributed by atoms with Crippen LogP contribution in [0, 0.1) is 15.9 Å². The predicted molar refractivity (Wildman–Crippen MR) is 108 cm³/mol. The third kappa shape index (κ3) is 3.39. The molecule has 0 unspecified atom stereocenters. The van der Waals surface area contributed by atoms with Gasteiger partial charge in [0.2, 0.25) is 0 Å². The lowest BCUT2D eigenvalue weighted by atomic mass is 10.1. The third-order valence-corrected chi connectivity index (χ3v) is 4.43. The normalized spacial score (nSPS) is 10.7. The van der Waals surface area contributed by atoms with Crippen LogP contribution < -0.4 is 10.9 Å². The summed E-state index contributed by atoms with van der Waals surface area (Å²) in [5.41, 5.74) is -0.838. The van der Waals surface area contributed by atoms with Crippen molar-refractivity contribution < 1.29 is 14.1 Å². The van der Waals surface area contributed by atoms with E-state index in [4.69, 9.17) is 0 Å². The molecule has 30 heavy (non-hydrogen) atoms. The summed E-state index contributed by atoms with van der Waals surface area (Å²) in [7, 11) is 0. The molecule has 0 aliphatic heterocycles. The molecule has 0 radical (unpaired) electrons. The number of amides is 1. The fourth-order valence-electron chi connectivity index (χ4n) is 3.01. The molecule has 9 heteroatoms. The number of non-ortho nitro benzene ring substituents is 1. The van der Waals surface area contributed by atoms with Crippen LogP contribution in [-0.4, -0.2) is 20.6 Å². The number of hydrogen-bond donors (Lipinski definition) is 1. The van der Waals surface area contributed by atoms with Crippen LogP contribution in [0.4, 0.5) is 15.8 Å². The lowest BCUT2D eigenvalue weighted by molar-refractivity contribution is -0.384. The number of carbonyl (C=O) groups excluding carboxylic acids is 1. The number of rotatable bonds is 4. The molecule has 0 saturated heterocycles. The molecule has 0 spiro atoms. The zero-order valence-corrected chi connectivity index (χ0v) is 15.3. The Kier molecular flexibility index (Phi) is 4.77. The summed E-state index contributed by atoms with van der Waals surface area (Å²) >= 11 is 0. The van der Waals surface area contributed by atoms with Crippen LogP contribution in [0.3, 0.4) is 0 Å². The topological polar surface area (TPSA) is 107 Å². The number of nitro groups is 1. The van der Waals surface area contributed by atoms with Crippen LogP contribution >= 0.6 is 0 Å². The fourth-order valence-corrected chi connectivity index (χ4v) is 3.01. The lowest BCUT2D eigenvalue weighted by Gasteiger charge is -2.11. The Morgan fingerprint density at radius 2 is 1.67 bits per heavy atom. The van der Waals surface area contributed by atoms with Gasteiger partial charge >= 0.3 is 0 Å². The van der Waals surface area contributed by atoms with Gasteiger partial charge in [-0.1, -0.05) is 36.4 Å². The van der Waals surface area contributed by atoms with E-state index in [1.54, 1.807) is 54.6 Å². The number of carbonyl (C=O) groups is 1. The Morgan fingerprint density at radius 3 is 2.37 bits per heavy atom. The summed E-state index contributed by atoms with van der Waals surface area (Å²) in [6, 6.07) is 17.7. The van der Waals surface area contributed by atoms with Gasteiger partial charge in [0.1, 0.15) is 5.82 Å². The largest absolute Gasteiger partial charge is 0.318 e. The monoisotopic (exact) mass is 404 g/mol.